The van der Waals surface area contributed by atoms with Crippen molar-refractivity contribution in [1.29, 1.82) is 0 Å². The fourth-order valence-corrected chi connectivity index (χ4v) is 3.39. The van der Waals surface area contributed by atoms with Crippen molar-refractivity contribution in [3.05, 3.63) is 28.8 Å². The molecule has 1 saturated carbocycles. The number of hydrogen-bond donors (Lipinski definition) is 1. The summed E-state index contributed by atoms with van der Waals surface area (Å²) in [6.07, 6.45) is 2.20. The summed E-state index contributed by atoms with van der Waals surface area (Å²) in [7, 11) is 1.76. The molecule has 0 spiro atoms. The standard InChI is InChI=1S/C13H15BrClNO2/c1-16(7-8-4-9(14)5-8)13(18)11-3-2-10(15)6-12(11)17/h2-3,6,8-9,17H,4-5,7H2,1H3. The predicted octanol–water partition coefficient (Wildman–Crippen LogP) is 3.29. The Morgan fingerprint density at radius 1 is 1.56 bits per heavy atom. The Morgan fingerprint density at radius 3 is 2.78 bits per heavy atom. The van der Waals surface area contributed by atoms with Gasteiger partial charge in [-0.05, 0) is 37.0 Å². The van der Waals surface area contributed by atoms with E-state index < -0.39 is 0 Å². The summed E-state index contributed by atoms with van der Waals surface area (Å²) in [6.45, 7) is 0.725. The van der Waals surface area contributed by atoms with Crippen molar-refractivity contribution >= 4 is 33.4 Å². The third kappa shape index (κ3) is 2.98. The lowest BCUT2D eigenvalue weighted by atomic mass is 9.85. The topological polar surface area (TPSA) is 40.5 Å². The molecule has 2 rings (SSSR count). The molecule has 5 heteroatoms. The van der Waals surface area contributed by atoms with Crippen LogP contribution in [0.3, 0.4) is 0 Å². The van der Waals surface area contributed by atoms with Crippen LogP contribution in [-0.2, 0) is 0 Å². The largest absolute Gasteiger partial charge is 0.507 e. The molecule has 0 atom stereocenters. The van der Waals surface area contributed by atoms with E-state index in [4.69, 9.17) is 11.6 Å². The molecule has 0 aromatic heterocycles. The summed E-state index contributed by atoms with van der Waals surface area (Å²) in [5.41, 5.74) is 0.302. The molecule has 1 aromatic rings. The van der Waals surface area contributed by atoms with Gasteiger partial charge in [0.2, 0.25) is 0 Å². The summed E-state index contributed by atoms with van der Waals surface area (Å²) in [5.74, 6) is 0.325. The highest BCUT2D eigenvalue weighted by Crippen LogP contribution is 2.34. The molecule has 3 nitrogen and oxygen atoms in total. The maximum absolute atomic E-state index is 12.1. The van der Waals surface area contributed by atoms with Gasteiger partial charge < -0.3 is 10.0 Å². The molecule has 1 fully saturated rings. The van der Waals surface area contributed by atoms with Crippen LogP contribution < -0.4 is 0 Å². The summed E-state index contributed by atoms with van der Waals surface area (Å²) >= 11 is 9.28. The van der Waals surface area contributed by atoms with E-state index in [-0.39, 0.29) is 11.7 Å². The number of nitrogens with zero attached hydrogens (tertiary/aromatic N) is 1. The van der Waals surface area contributed by atoms with Gasteiger partial charge in [-0.25, -0.2) is 0 Å². The molecule has 1 N–H and O–H groups in total. The van der Waals surface area contributed by atoms with Crippen molar-refractivity contribution < 1.29 is 9.90 Å². The maximum Gasteiger partial charge on any atom is 0.257 e. The minimum absolute atomic E-state index is 0.0636. The molecule has 98 valence electrons. The van der Waals surface area contributed by atoms with Crippen LogP contribution in [0.15, 0.2) is 18.2 Å². The van der Waals surface area contributed by atoms with E-state index in [0.29, 0.717) is 21.3 Å². The van der Waals surface area contributed by atoms with Gasteiger partial charge >= 0.3 is 0 Å². The number of alkyl halides is 1. The van der Waals surface area contributed by atoms with Crippen LogP contribution in [-0.4, -0.2) is 34.3 Å². The van der Waals surface area contributed by atoms with Gasteiger partial charge in [-0.3, -0.25) is 4.79 Å². The zero-order chi connectivity index (χ0) is 13.3. The summed E-state index contributed by atoms with van der Waals surface area (Å²) < 4.78 is 0. The van der Waals surface area contributed by atoms with Crippen molar-refractivity contribution in [2.75, 3.05) is 13.6 Å². The highest BCUT2D eigenvalue weighted by Gasteiger charge is 2.29. The monoisotopic (exact) mass is 331 g/mol. The fourth-order valence-electron chi connectivity index (χ4n) is 2.16. The first-order valence-electron chi connectivity index (χ1n) is 5.85. The van der Waals surface area contributed by atoms with E-state index in [1.165, 1.54) is 6.07 Å². The van der Waals surface area contributed by atoms with Crippen molar-refractivity contribution in [3.63, 3.8) is 0 Å². The molecule has 0 bridgehead atoms. The van der Waals surface area contributed by atoms with Crippen molar-refractivity contribution in [3.8, 4) is 5.75 Å². The van der Waals surface area contributed by atoms with E-state index in [1.807, 2.05) is 0 Å². The lowest BCUT2D eigenvalue weighted by Gasteiger charge is -2.34. The van der Waals surface area contributed by atoms with Crippen LogP contribution in [0.1, 0.15) is 23.2 Å². The maximum atomic E-state index is 12.1. The Hall–Kier alpha value is -0.740. The SMILES string of the molecule is CN(CC1CC(Br)C1)C(=O)c1ccc(Cl)cc1O. The van der Waals surface area contributed by atoms with Crippen LogP contribution in [0.5, 0.6) is 5.75 Å². The summed E-state index contributed by atoms with van der Waals surface area (Å²) in [4.78, 5) is 14.4. The first-order valence-corrected chi connectivity index (χ1v) is 7.14. The average molecular weight is 333 g/mol. The Bertz CT molecular complexity index is 460. The van der Waals surface area contributed by atoms with Crippen LogP contribution >= 0.6 is 27.5 Å². The lowest BCUT2D eigenvalue weighted by Crippen LogP contribution is -2.37. The number of hydrogen-bond acceptors (Lipinski definition) is 2. The van der Waals surface area contributed by atoms with Crippen LogP contribution in [0, 0.1) is 5.92 Å². The smallest absolute Gasteiger partial charge is 0.257 e. The molecule has 1 amide bonds. The van der Waals surface area contributed by atoms with E-state index in [1.54, 1.807) is 24.1 Å². The molecule has 1 aliphatic rings. The van der Waals surface area contributed by atoms with Crippen LogP contribution in [0.25, 0.3) is 0 Å². The molecule has 0 unspecified atom stereocenters. The predicted molar refractivity (Wildman–Crippen MR) is 75.5 cm³/mol. The normalized spacial score (nSPS) is 22.4. The first-order chi connectivity index (χ1) is 8.47. The van der Waals surface area contributed by atoms with Gasteiger partial charge in [-0.2, -0.15) is 0 Å². The quantitative estimate of drug-likeness (QED) is 0.863. The zero-order valence-corrected chi connectivity index (χ0v) is 12.4. The molecule has 0 heterocycles. The molecular formula is C13H15BrClNO2. The van der Waals surface area contributed by atoms with E-state index in [9.17, 15) is 9.90 Å². The first kappa shape index (κ1) is 13.7. The number of amides is 1. The second-order valence-electron chi connectivity index (χ2n) is 4.78. The van der Waals surface area contributed by atoms with Gasteiger partial charge in [0.15, 0.2) is 0 Å². The summed E-state index contributed by atoms with van der Waals surface area (Å²) in [5, 5.41) is 10.1. The van der Waals surface area contributed by atoms with Crippen molar-refractivity contribution in [2.24, 2.45) is 5.92 Å². The van der Waals surface area contributed by atoms with Gasteiger partial charge in [0.1, 0.15) is 5.75 Å². The zero-order valence-electron chi connectivity index (χ0n) is 10.1. The molecule has 0 radical (unpaired) electrons. The number of rotatable bonds is 3. The van der Waals surface area contributed by atoms with Crippen molar-refractivity contribution in [2.45, 2.75) is 17.7 Å². The molecule has 1 aromatic carbocycles. The second-order valence-corrected chi connectivity index (χ2v) is 6.51. The van der Waals surface area contributed by atoms with E-state index in [0.717, 1.165) is 19.4 Å². The molecule has 0 aliphatic heterocycles. The summed E-state index contributed by atoms with van der Waals surface area (Å²) in [6, 6.07) is 4.56. The van der Waals surface area contributed by atoms with Crippen LogP contribution in [0.4, 0.5) is 0 Å². The van der Waals surface area contributed by atoms with Crippen LogP contribution in [0.2, 0.25) is 5.02 Å². The van der Waals surface area contributed by atoms with Gasteiger partial charge in [0.25, 0.3) is 5.91 Å². The number of carbonyl (C=O) groups is 1. The fraction of sp³-hybridized carbons (Fsp3) is 0.462. The number of carbonyl (C=O) groups excluding carboxylic acids is 1. The minimum atomic E-state index is -0.165. The lowest BCUT2D eigenvalue weighted by molar-refractivity contribution is 0.0746. The third-order valence-electron chi connectivity index (χ3n) is 3.25. The van der Waals surface area contributed by atoms with E-state index in [2.05, 4.69) is 15.9 Å². The number of halogens is 2. The average Bonchev–Trinajstić information content (AvgIpc) is 2.26. The number of aromatic hydroxyl groups is 1. The Kier molecular flexibility index (Phi) is 4.17. The molecular weight excluding hydrogens is 318 g/mol. The second kappa shape index (κ2) is 5.49. The third-order valence-corrected chi connectivity index (χ3v) is 4.23. The molecule has 1 aliphatic carbocycles. The van der Waals surface area contributed by atoms with Crippen molar-refractivity contribution in [1.82, 2.24) is 4.90 Å². The Labute approximate surface area is 120 Å². The molecule has 18 heavy (non-hydrogen) atoms. The number of benzene rings is 1. The Balaban J connectivity index is 2.01. The van der Waals surface area contributed by atoms with E-state index >= 15 is 0 Å². The van der Waals surface area contributed by atoms with Gasteiger partial charge in [-0.1, -0.05) is 27.5 Å². The number of phenolic OH excluding ortho intramolecular Hbond substituents is 1. The molecule has 0 saturated heterocycles. The van der Waals surface area contributed by atoms with Gasteiger partial charge in [0, 0.05) is 23.4 Å². The highest BCUT2D eigenvalue weighted by molar-refractivity contribution is 9.09. The van der Waals surface area contributed by atoms with Gasteiger partial charge in [0.05, 0.1) is 5.56 Å². The van der Waals surface area contributed by atoms with Gasteiger partial charge in [-0.15, -0.1) is 0 Å². The Morgan fingerprint density at radius 2 is 2.22 bits per heavy atom. The minimum Gasteiger partial charge on any atom is -0.507 e. The number of phenols is 1. The highest BCUT2D eigenvalue weighted by atomic mass is 79.9.